The molecule has 0 amide bonds. The Morgan fingerprint density at radius 1 is 1.00 bits per heavy atom. The number of halogens is 2. The molecular formula is C31H29ClFN5O2S. The minimum absolute atomic E-state index is 0.106. The fourth-order valence-corrected chi connectivity index (χ4v) is 5.25. The molecule has 0 aliphatic heterocycles. The second-order valence-electron chi connectivity index (χ2n) is 10.0. The number of nitrogens with zero attached hydrogens (tertiary/aromatic N) is 4. The van der Waals surface area contributed by atoms with Gasteiger partial charge in [-0.1, -0.05) is 41.9 Å². The standard InChI is InChI=1S/C26H18ClN5OS.C5H11FO/c1-28-26-30-20-13-19(11-12-22(20)32(26)18-5-3-2-4-6-18)31-15-29-21-14-23(34-24(21)25(31)33)16-7-9-17(27)10-8-16;1-4(7)5(2,3)6/h2-15H,1H3,(H,28,30);4,7H,1-3H3. The van der Waals surface area contributed by atoms with Crippen LogP contribution in [-0.4, -0.2) is 43.0 Å². The predicted molar refractivity (Wildman–Crippen MR) is 167 cm³/mol. The third-order valence-electron chi connectivity index (χ3n) is 6.71. The van der Waals surface area contributed by atoms with Crippen LogP contribution in [-0.2, 0) is 0 Å². The number of aliphatic hydroxyl groups excluding tert-OH is 1. The molecule has 41 heavy (non-hydrogen) atoms. The van der Waals surface area contributed by atoms with Crippen molar-refractivity contribution in [3.63, 3.8) is 0 Å². The lowest BCUT2D eigenvalue weighted by Gasteiger charge is -2.16. The van der Waals surface area contributed by atoms with Crippen molar-refractivity contribution in [2.75, 3.05) is 12.4 Å². The predicted octanol–water partition coefficient (Wildman–Crippen LogP) is 7.26. The van der Waals surface area contributed by atoms with Crippen LogP contribution < -0.4 is 10.9 Å². The Morgan fingerprint density at radius 2 is 1.68 bits per heavy atom. The molecule has 10 heteroatoms. The molecule has 0 aliphatic carbocycles. The monoisotopic (exact) mass is 589 g/mol. The summed E-state index contributed by atoms with van der Waals surface area (Å²) >= 11 is 7.45. The highest BCUT2D eigenvalue weighted by atomic mass is 35.5. The van der Waals surface area contributed by atoms with Gasteiger partial charge in [0.15, 0.2) is 0 Å². The third kappa shape index (κ3) is 5.88. The van der Waals surface area contributed by atoms with Gasteiger partial charge in [-0.15, -0.1) is 11.3 Å². The molecule has 0 radical (unpaired) electrons. The molecule has 2 N–H and O–H groups in total. The molecule has 3 aromatic heterocycles. The molecule has 1 atom stereocenters. The van der Waals surface area contributed by atoms with E-state index < -0.39 is 11.8 Å². The Balaban J connectivity index is 0.000000431. The number of imidazole rings is 1. The largest absolute Gasteiger partial charge is 0.390 e. The van der Waals surface area contributed by atoms with Crippen LogP contribution in [0.25, 0.3) is 43.1 Å². The summed E-state index contributed by atoms with van der Waals surface area (Å²) in [6, 6.07) is 25.4. The minimum Gasteiger partial charge on any atom is -0.390 e. The molecule has 210 valence electrons. The van der Waals surface area contributed by atoms with Crippen LogP contribution in [0.2, 0.25) is 5.02 Å². The van der Waals surface area contributed by atoms with Gasteiger partial charge in [-0.05, 0) is 74.9 Å². The van der Waals surface area contributed by atoms with E-state index in [2.05, 4.69) is 14.9 Å². The number of hydrogen-bond acceptors (Lipinski definition) is 6. The topological polar surface area (TPSA) is 85.0 Å². The van der Waals surface area contributed by atoms with Crippen LogP contribution in [0.15, 0.2) is 90.0 Å². The normalized spacial score (nSPS) is 12.3. The SMILES string of the molecule is CC(O)C(C)(C)F.CNc1nc2cc(-n3cnc4cc(-c5ccc(Cl)cc5)sc4c3=O)ccc2n1-c1ccccc1. The first kappa shape index (κ1) is 28.5. The van der Waals surface area contributed by atoms with Gasteiger partial charge >= 0.3 is 0 Å². The van der Waals surface area contributed by atoms with Gasteiger partial charge in [0, 0.05) is 22.6 Å². The number of benzene rings is 3. The summed E-state index contributed by atoms with van der Waals surface area (Å²) in [4.78, 5) is 23.7. The van der Waals surface area contributed by atoms with Crippen molar-refractivity contribution in [2.45, 2.75) is 32.5 Å². The first-order chi connectivity index (χ1) is 19.6. The number of rotatable bonds is 5. The Kier molecular flexibility index (Phi) is 7.95. The van der Waals surface area contributed by atoms with Crippen molar-refractivity contribution in [3.05, 3.63) is 101 Å². The Morgan fingerprint density at radius 3 is 2.32 bits per heavy atom. The molecule has 6 rings (SSSR count). The highest BCUT2D eigenvalue weighted by molar-refractivity contribution is 7.22. The average molecular weight is 590 g/mol. The zero-order valence-electron chi connectivity index (χ0n) is 23.0. The summed E-state index contributed by atoms with van der Waals surface area (Å²) in [7, 11) is 1.85. The summed E-state index contributed by atoms with van der Waals surface area (Å²) in [5.74, 6) is 0.727. The first-order valence-corrected chi connectivity index (χ1v) is 14.2. The number of anilines is 1. The van der Waals surface area contributed by atoms with Crippen LogP contribution in [0.4, 0.5) is 10.3 Å². The lowest BCUT2D eigenvalue weighted by Crippen LogP contribution is -2.27. The molecule has 0 saturated heterocycles. The van der Waals surface area contributed by atoms with Crippen molar-refractivity contribution >= 4 is 50.1 Å². The Labute approximate surface area is 245 Å². The molecule has 0 bridgehead atoms. The smallest absolute Gasteiger partial charge is 0.275 e. The van der Waals surface area contributed by atoms with E-state index in [-0.39, 0.29) is 5.56 Å². The number of aromatic nitrogens is 4. The van der Waals surface area contributed by atoms with E-state index in [1.165, 1.54) is 32.1 Å². The maximum Gasteiger partial charge on any atom is 0.275 e. The number of hydrogen-bond donors (Lipinski definition) is 2. The summed E-state index contributed by atoms with van der Waals surface area (Å²) in [6.45, 7) is 4.12. The summed E-state index contributed by atoms with van der Waals surface area (Å²) in [5, 5.41) is 12.4. The third-order valence-corrected chi connectivity index (χ3v) is 8.13. The quantitative estimate of drug-likeness (QED) is 0.221. The van der Waals surface area contributed by atoms with E-state index in [4.69, 9.17) is 21.7 Å². The molecule has 3 heterocycles. The van der Waals surface area contributed by atoms with Crippen molar-refractivity contribution in [1.29, 1.82) is 0 Å². The maximum absolute atomic E-state index is 13.4. The van der Waals surface area contributed by atoms with Crippen LogP contribution >= 0.6 is 22.9 Å². The molecule has 0 spiro atoms. The average Bonchev–Trinajstić information content (AvgIpc) is 3.56. The molecule has 3 aromatic carbocycles. The summed E-state index contributed by atoms with van der Waals surface area (Å²) in [5.41, 5.74) is 3.59. The zero-order valence-corrected chi connectivity index (χ0v) is 24.5. The van der Waals surface area contributed by atoms with E-state index in [1.54, 1.807) is 10.9 Å². The molecule has 7 nitrogen and oxygen atoms in total. The van der Waals surface area contributed by atoms with E-state index in [0.29, 0.717) is 20.9 Å². The number of alkyl halides is 1. The second-order valence-corrected chi connectivity index (χ2v) is 11.5. The summed E-state index contributed by atoms with van der Waals surface area (Å²) < 4.78 is 16.5. The van der Waals surface area contributed by atoms with Crippen molar-refractivity contribution < 1.29 is 9.50 Å². The maximum atomic E-state index is 13.4. The zero-order chi connectivity index (χ0) is 29.3. The number of para-hydroxylation sites is 1. The lowest BCUT2D eigenvalue weighted by molar-refractivity contribution is 0.0308. The van der Waals surface area contributed by atoms with Crippen LogP contribution in [0.1, 0.15) is 20.8 Å². The fourth-order valence-electron chi connectivity index (χ4n) is 4.08. The van der Waals surface area contributed by atoms with E-state index >= 15 is 0 Å². The lowest BCUT2D eigenvalue weighted by atomic mass is 10.1. The number of thiophene rings is 1. The number of fused-ring (bicyclic) bond motifs is 2. The van der Waals surface area contributed by atoms with Gasteiger partial charge in [0.2, 0.25) is 5.95 Å². The van der Waals surface area contributed by atoms with Crippen molar-refractivity contribution in [3.8, 4) is 21.8 Å². The summed E-state index contributed by atoms with van der Waals surface area (Å²) in [6.07, 6.45) is 0.713. The van der Waals surface area contributed by atoms with Crippen LogP contribution in [0, 0.1) is 0 Å². The number of nitrogens with one attached hydrogen (secondary N) is 1. The molecule has 0 saturated carbocycles. The van der Waals surface area contributed by atoms with Crippen LogP contribution in [0.3, 0.4) is 0 Å². The van der Waals surface area contributed by atoms with Gasteiger partial charge in [-0.2, -0.15) is 0 Å². The molecule has 0 aliphatic rings. The van der Waals surface area contributed by atoms with Crippen LogP contribution in [0.5, 0.6) is 0 Å². The molecular weight excluding hydrogens is 561 g/mol. The minimum atomic E-state index is -1.44. The Hall–Kier alpha value is -4.05. The molecule has 6 aromatic rings. The second kappa shape index (κ2) is 11.4. The van der Waals surface area contributed by atoms with E-state index in [0.717, 1.165) is 33.1 Å². The van der Waals surface area contributed by atoms with E-state index in [1.807, 2.05) is 85.9 Å². The molecule has 0 fully saturated rings. The van der Waals surface area contributed by atoms with Gasteiger partial charge in [-0.25, -0.2) is 14.4 Å². The van der Waals surface area contributed by atoms with E-state index in [9.17, 15) is 9.18 Å². The van der Waals surface area contributed by atoms with Gasteiger partial charge in [0.05, 0.1) is 28.3 Å². The highest BCUT2D eigenvalue weighted by Gasteiger charge is 2.21. The number of aliphatic hydroxyl groups is 1. The molecule has 1 unspecified atom stereocenters. The van der Waals surface area contributed by atoms with Crippen molar-refractivity contribution in [1.82, 2.24) is 19.1 Å². The van der Waals surface area contributed by atoms with Gasteiger partial charge < -0.3 is 10.4 Å². The van der Waals surface area contributed by atoms with Gasteiger partial charge in [0.25, 0.3) is 5.56 Å². The Bertz CT molecular complexity index is 1870. The first-order valence-electron chi connectivity index (χ1n) is 13.0. The van der Waals surface area contributed by atoms with Crippen molar-refractivity contribution in [2.24, 2.45) is 0 Å². The highest BCUT2D eigenvalue weighted by Crippen LogP contribution is 2.32. The van der Waals surface area contributed by atoms with Gasteiger partial charge in [0.1, 0.15) is 16.7 Å². The fraction of sp³-hybridized carbons (Fsp3) is 0.194. The van der Waals surface area contributed by atoms with Gasteiger partial charge in [-0.3, -0.25) is 13.9 Å².